The Balaban J connectivity index is 1.94. The van der Waals surface area contributed by atoms with E-state index < -0.39 is 0 Å². The number of thiophene rings is 1. The van der Waals surface area contributed by atoms with E-state index in [9.17, 15) is 4.39 Å². The van der Waals surface area contributed by atoms with Crippen molar-refractivity contribution in [2.24, 2.45) is 0 Å². The Kier molecular flexibility index (Phi) is 4.93. The first-order valence-corrected chi connectivity index (χ1v) is 7.20. The molecule has 0 fully saturated rings. The van der Waals surface area contributed by atoms with Crippen LogP contribution in [0, 0.1) is 5.82 Å². The topological polar surface area (TPSA) is 21.3 Å². The van der Waals surface area contributed by atoms with Crippen LogP contribution in [0.3, 0.4) is 0 Å². The van der Waals surface area contributed by atoms with Crippen LogP contribution in [0.1, 0.15) is 24.3 Å². The van der Waals surface area contributed by atoms with Crippen molar-refractivity contribution >= 4 is 11.3 Å². The first-order chi connectivity index (χ1) is 9.15. The summed E-state index contributed by atoms with van der Waals surface area (Å²) in [5.74, 6) is 0.00121. The Labute approximate surface area is 117 Å². The van der Waals surface area contributed by atoms with E-state index in [0.29, 0.717) is 24.9 Å². The number of hydrogen-bond donors (Lipinski definition) is 1. The third-order valence-electron chi connectivity index (χ3n) is 2.66. The normalized spacial score (nSPS) is 10.9. The van der Waals surface area contributed by atoms with Gasteiger partial charge in [-0.2, -0.15) is 0 Å². The molecule has 2 rings (SSSR count). The Morgan fingerprint density at radius 1 is 1.32 bits per heavy atom. The standard InChI is InChI=1S/C15H18FNOS/c1-11(2)17-9-12-5-6-15(14(16)8-12)18-10-13-4-3-7-19-13/h3-8,11,17H,9-10H2,1-2H3. The van der Waals surface area contributed by atoms with E-state index in [1.54, 1.807) is 17.4 Å². The van der Waals surface area contributed by atoms with Crippen LogP contribution in [0.15, 0.2) is 35.7 Å². The molecule has 0 saturated carbocycles. The molecule has 0 aliphatic carbocycles. The minimum atomic E-state index is -0.306. The van der Waals surface area contributed by atoms with Crippen LogP contribution in [0.5, 0.6) is 5.75 Å². The summed E-state index contributed by atoms with van der Waals surface area (Å²) in [6.45, 7) is 5.21. The summed E-state index contributed by atoms with van der Waals surface area (Å²) in [4.78, 5) is 1.09. The number of halogens is 1. The van der Waals surface area contributed by atoms with Gasteiger partial charge in [-0.3, -0.25) is 0 Å². The molecular weight excluding hydrogens is 261 g/mol. The monoisotopic (exact) mass is 279 g/mol. The van der Waals surface area contributed by atoms with Crippen molar-refractivity contribution in [1.29, 1.82) is 0 Å². The maximum Gasteiger partial charge on any atom is 0.165 e. The molecule has 2 nitrogen and oxygen atoms in total. The second-order valence-electron chi connectivity index (χ2n) is 4.67. The molecule has 2 aromatic rings. The van der Waals surface area contributed by atoms with Crippen molar-refractivity contribution in [3.05, 3.63) is 52.0 Å². The lowest BCUT2D eigenvalue weighted by Gasteiger charge is -2.10. The largest absolute Gasteiger partial charge is 0.485 e. The van der Waals surface area contributed by atoms with E-state index in [1.165, 1.54) is 6.07 Å². The Morgan fingerprint density at radius 2 is 2.16 bits per heavy atom. The summed E-state index contributed by atoms with van der Waals surface area (Å²) < 4.78 is 19.3. The molecule has 0 bridgehead atoms. The molecule has 1 heterocycles. The van der Waals surface area contributed by atoms with Gasteiger partial charge in [0.1, 0.15) is 6.61 Å². The summed E-state index contributed by atoms with van der Waals surface area (Å²) in [6, 6.07) is 9.43. The number of benzene rings is 1. The molecule has 0 radical (unpaired) electrons. The molecule has 1 aromatic heterocycles. The van der Waals surface area contributed by atoms with Gasteiger partial charge in [0.2, 0.25) is 0 Å². The summed E-state index contributed by atoms with van der Waals surface area (Å²) in [5.41, 5.74) is 0.926. The molecule has 0 amide bonds. The van der Waals surface area contributed by atoms with Gasteiger partial charge in [-0.25, -0.2) is 4.39 Å². The highest BCUT2D eigenvalue weighted by Gasteiger charge is 2.06. The van der Waals surface area contributed by atoms with E-state index in [1.807, 2.05) is 23.6 Å². The van der Waals surface area contributed by atoms with Crippen LogP contribution >= 0.6 is 11.3 Å². The lowest BCUT2D eigenvalue weighted by atomic mass is 10.2. The molecule has 1 aromatic carbocycles. The van der Waals surface area contributed by atoms with Crippen LogP contribution in [0.25, 0.3) is 0 Å². The highest BCUT2D eigenvalue weighted by atomic mass is 32.1. The van der Waals surface area contributed by atoms with Gasteiger partial charge in [-0.15, -0.1) is 11.3 Å². The molecule has 0 saturated heterocycles. The van der Waals surface area contributed by atoms with Gasteiger partial charge in [0.25, 0.3) is 0 Å². The lowest BCUT2D eigenvalue weighted by Crippen LogP contribution is -2.21. The zero-order valence-corrected chi connectivity index (χ0v) is 12.0. The van der Waals surface area contributed by atoms with Gasteiger partial charge in [0.15, 0.2) is 11.6 Å². The Bertz CT molecular complexity index is 511. The average Bonchev–Trinajstić information content (AvgIpc) is 2.88. The molecule has 102 valence electrons. The zero-order valence-electron chi connectivity index (χ0n) is 11.2. The molecule has 1 N–H and O–H groups in total. The van der Waals surface area contributed by atoms with Crippen molar-refractivity contribution in [2.75, 3.05) is 0 Å². The molecule has 0 spiro atoms. The fourth-order valence-electron chi connectivity index (χ4n) is 1.64. The number of hydrogen-bond acceptors (Lipinski definition) is 3. The molecule has 0 aliphatic heterocycles. The predicted molar refractivity (Wildman–Crippen MR) is 77.0 cm³/mol. The summed E-state index contributed by atoms with van der Waals surface area (Å²) >= 11 is 1.61. The highest BCUT2D eigenvalue weighted by molar-refractivity contribution is 7.09. The van der Waals surface area contributed by atoms with Gasteiger partial charge in [-0.05, 0) is 29.1 Å². The fourth-order valence-corrected chi connectivity index (χ4v) is 2.25. The van der Waals surface area contributed by atoms with Crippen LogP contribution in [0.2, 0.25) is 0 Å². The second kappa shape index (κ2) is 6.68. The third-order valence-corrected chi connectivity index (χ3v) is 3.51. The number of ether oxygens (including phenoxy) is 1. The van der Waals surface area contributed by atoms with Crippen molar-refractivity contribution < 1.29 is 9.13 Å². The maximum atomic E-state index is 13.9. The number of nitrogens with one attached hydrogen (secondary N) is 1. The molecular formula is C15H18FNOS. The van der Waals surface area contributed by atoms with Gasteiger partial charge < -0.3 is 10.1 Å². The van der Waals surface area contributed by atoms with E-state index >= 15 is 0 Å². The quantitative estimate of drug-likeness (QED) is 0.864. The van der Waals surface area contributed by atoms with Gasteiger partial charge in [0, 0.05) is 17.5 Å². The Morgan fingerprint density at radius 3 is 2.79 bits per heavy atom. The SMILES string of the molecule is CC(C)NCc1ccc(OCc2cccs2)c(F)c1. The first-order valence-electron chi connectivity index (χ1n) is 6.32. The van der Waals surface area contributed by atoms with Crippen LogP contribution in [-0.2, 0) is 13.2 Å². The summed E-state index contributed by atoms with van der Waals surface area (Å²) in [7, 11) is 0. The van der Waals surface area contributed by atoms with Gasteiger partial charge in [-0.1, -0.05) is 26.0 Å². The lowest BCUT2D eigenvalue weighted by molar-refractivity contribution is 0.293. The van der Waals surface area contributed by atoms with E-state index in [2.05, 4.69) is 19.2 Å². The maximum absolute atomic E-state index is 13.9. The zero-order chi connectivity index (χ0) is 13.7. The Hall–Kier alpha value is -1.39. The molecule has 4 heteroatoms. The minimum absolute atomic E-state index is 0.306. The molecule has 0 atom stereocenters. The highest BCUT2D eigenvalue weighted by Crippen LogP contribution is 2.20. The smallest absolute Gasteiger partial charge is 0.165 e. The van der Waals surface area contributed by atoms with E-state index in [4.69, 9.17) is 4.74 Å². The summed E-state index contributed by atoms with van der Waals surface area (Å²) in [5, 5.41) is 5.24. The van der Waals surface area contributed by atoms with Crippen LogP contribution < -0.4 is 10.1 Å². The minimum Gasteiger partial charge on any atom is -0.485 e. The van der Waals surface area contributed by atoms with E-state index in [0.717, 1.165) is 10.4 Å². The van der Waals surface area contributed by atoms with Crippen molar-refractivity contribution in [3.63, 3.8) is 0 Å². The average molecular weight is 279 g/mol. The van der Waals surface area contributed by atoms with Crippen molar-refractivity contribution in [2.45, 2.75) is 33.0 Å². The third kappa shape index (κ3) is 4.33. The molecule has 0 unspecified atom stereocenters. The van der Waals surface area contributed by atoms with Crippen LogP contribution in [0.4, 0.5) is 4.39 Å². The molecule has 0 aliphatic rings. The first kappa shape index (κ1) is 14.0. The number of rotatable bonds is 6. The van der Waals surface area contributed by atoms with Crippen molar-refractivity contribution in [3.8, 4) is 5.75 Å². The molecule has 19 heavy (non-hydrogen) atoms. The van der Waals surface area contributed by atoms with Crippen LogP contribution in [-0.4, -0.2) is 6.04 Å². The van der Waals surface area contributed by atoms with E-state index in [-0.39, 0.29) is 5.82 Å². The van der Waals surface area contributed by atoms with Crippen molar-refractivity contribution in [1.82, 2.24) is 5.32 Å². The predicted octanol–water partition coefficient (Wildman–Crippen LogP) is 3.96. The second-order valence-corrected chi connectivity index (χ2v) is 5.70. The summed E-state index contributed by atoms with van der Waals surface area (Å²) in [6.07, 6.45) is 0. The van der Waals surface area contributed by atoms with Gasteiger partial charge >= 0.3 is 0 Å². The fraction of sp³-hybridized carbons (Fsp3) is 0.333. The van der Waals surface area contributed by atoms with Gasteiger partial charge in [0.05, 0.1) is 0 Å².